The first kappa shape index (κ1) is 14.0. The third-order valence-electron chi connectivity index (χ3n) is 2.49. The quantitative estimate of drug-likeness (QED) is 0.300. The summed E-state index contributed by atoms with van der Waals surface area (Å²) in [5, 5.41) is 17.9. The molecule has 0 aliphatic carbocycles. The van der Waals surface area contributed by atoms with E-state index in [-0.39, 0.29) is 18.3 Å². The highest BCUT2D eigenvalue weighted by atomic mass is 16.5. The van der Waals surface area contributed by atoms with Crippen LogP contribution < -0.4 is 11.1 Å². The zero-order chi connectivity index (χ0) is 13.5. The molecule has 1 aromatic rings. The number of hydrogen-bond acceptors (Lipinski definition) is 5. The van der Waals surface area contributed by atoms with E-state index in [0.717, 1.165) is 6.42 Å². The van der Waals surface area contributed by atoms with Gasteiger partial charge in [-0.1, -0.05) is 23.7 Å². The lowest BCUT2D eigenvalue weighted by atomic mass is 10.0. The van der Waals surface area contributed by atoms with Crippen molar-refractivity contribution in [3.05, 3.63) is 17.5 Å². The number of nitrogens with one attached hydrogen (secondary N) is 1. The number of nitrogens with two attached hydrogens (primary N) is 1. The minimum absolute atomic E-state index is 0.0781. The molecule has 1 rings (SSSR count). The molecule has 0 saturated carbocycles. The van der Waals surface area contributed by atoms with Crippen LogP contribution in [0.3, 0.4) is 0 Å². The molecule has 4 N–H and O–H groups in total. The largest absolute Gasteiger partial charge is 0.409 e. The lowest BCUT2D eigenvalue weighted by Crippen LogP contribution is -2.38. The molecule has 1 heterocycles. The lowest BCUT2D eigenvalue weighted by molar-refractivity contribution is -0.123. The molecule has 7 heteroatoms. The van der Waals surface area contributed by atoms with Gasteiger partial charge in [-0.05, 0) is 13.3 Å². The Kier molecular flexibility index (Phi) is 5.16. The fourth-order valence-corrected chi connectivity index (χ4v) is 1.57. The predicted octanol–water partition coefficient (Wildman–Crippen LogP) is 0.762. The van der Waals surface area contributed by atoms with Crippen LogP contribution in [0, 0.1) is 12.8 Å². The van der Waals surface area contributed by atoms with Gasteiger partial charge in [-0.2, -0.15) is 0 Å². The van der Waals surface area contributed by atoms with Crippen molar-refractivity contribution >= 4 is 11.7 Å². The van der Waals surface area contributed by atoms with Crippen molar-refractivity contribution in [2.45, 2.75) is 33.2 Å². The molecule has 1 aromatic heterocycles. The summed E-state index contributed by atoms with van der Waals surface area (Å²) in [7, 11) is 0. The zero-order valence-electron chi connectivity index (χ0n) is 10.5. The molecule has 0 fully saturated rings. The fourth-order valence-electron chi connectivity index (χ4n) is 1.57. The molecule has 0 aliphatic rings. The van der Waals surface area contributed by atoms with Crippen LogP contribution in [0.1, 0.15) is 31.2 Å². The van der Waals surface area contributed by atoms with Crippen molar-refractivity contribution in [1.82, 2.24) is 10.5 Å². The third kappa shape index (κ3) is 3.76. The molecule has 0 spiro atoms. The van der Waals surface area contributed by atoms with Crippen molar-refractivity contribution in [3.8, 4) is 0 Å². The van der Waals surface area contributed by atoms with Crippen molar-refractivity contribution < 1.29 is 14.5 Å². The summed E-state index contributed by atoms with van der Waals surface area (Å²) in [4.78, 5) is 11.9. The first-order chi connectivity index (χ1) is 8.58. The van der Waals surface area contributed by atoms with E-state index in [1.165, 1.54) is 0 Å². The molecule has 100 valence electrons. The molecule has 1 atom stereocenters. The zero-order valence-corrected chi connectivity index (χ0v) is 10.5. The van der Waals surface area contributed by atoms with Gasteiger partial charge in [-0.25, -0.2) is 0 Å². The standard InChI is InChI=1S/C11H18N4O3/c1-3-4-9(10(12)14-17)11(16)13-6-8-5-7(2)18-15-8/h5,9,17H,3-4,6H2,1-2H3,(H2,12,14)(H,13,16). The Bertz CT molecular complexity index is 428. The van der Waals surface area contributed by atoms with E-state index in [1.807, 2.05) is 6.92 Å². The van der Waals surface area contributed by atoms with E-state index in [0.29, 0.717) is 17.9 Å². The van der Waals surface area contributed by atoms with Crippen LogP contribution in [0.5, 0.6) is 0 Å². The molecule has 0 aliphatic heterocycles. The smallest absolute Gasteiger partial charge is 0.231 e. The number of aryl methyl sites for hydroxylation is 1. The highest BCUT2D eigenvalue weighted by Crippen LogP contribution is 2.08. The van der Waals surface area contributed by atoms with E-state index < -0.39 is 5.92 Å². The Hall–Kier alpha value is -2.05. The van der Waals surface area contributed by atoms with Gasteiger partial charge in [0.2, 0.25) is 5.91 Å². The van der Waals surface area contributed by atoms with E-state index in [9.17, 15) is 4.79 Å². The lowest BCUT2D eigenvalue weighted by Gasteiger charge is -2.13. The Labute approximate surface area is 105 Å². The molecular formula is C11H18N4O3. The summed E-state index contributed by atoms with van der Waals surface area (Å²) in [6.45, 7) is 3.95. The monoisotopic (exact) mass is 254 g/mol. The van der Waals surface area contributed by atoms with Crippen LogP contribution in [-0.2, 0) is 11.3 Å². The first-order valence-corrected chi connectivity index (χ1v) is 5.75. The summed E-state index contributed by atoms with van der Waals surface area (Å²) < 4.78 is 4.88. The first-order valence-electron chi connectivity index (χ1n) is 5.75. The van der Waals surface area contributed by atoms with Gasteiger partial charge < -0.3 is 20.8 Å². The maximum Gasteiger partial charge on any atom is 0.231 e. The van der Waals surface area contributed by atoms with E-state index in [4.69, 9.17) is 15.5 Å². The molecule has 1 unspecified atom stereocenters. The molecule has 0 saturated heterocycles. The number of aromatic nitrogens is 1. The van der Waals surface area contributed by atoms with Gasteiger partial charge in [0, 0.05) is 6.07 Å². The van der Waals surface area contributed by atoms with Gasteiger partial charge in [-0.3, -0.25) is 4.79 Å². The van der Waals surface area contributed by atoms with Gasteiger partial charge >= 0.3 is 0 Å². The Morgan fingerprint density at radius 1 is 1.72 bits per heavy atom. The van der Waals surface area contributed by atoms with E-state index >= 15 is 0 Å². The summed E-state index contributed by atoms with van der Waals surface area (Å²) >= 11 is 0. The summed E-state index contributed by atoms with van der Waals surface area (Å²) in [5.41, 5.74) is 6.12. The number of amides is 1. The highest BCUT2D eigenvalue weighted by molar-refractivity contribution is 6.01. The second kappa shape index (κ2) is 6.63. The van der Waals surface area contributed by atoms with Crippen molar-refractivity contribution in [2.75, 3.05) is 0 Å². The average molecular weight is 254 g/mol. The minimum Gasteiger partial charge on any atom is -0.409 e. The van der Waals surface area contributed by atoms with E-state index in [1.54, 1.807) is 13.0 Å². The summed E-state index contributed by atoms with van der Waals surface area (Å²) in [6, 6.07) is 1.73. The maximum atomic E-state index is 11.9. The number of hydrogen-bond donors (Lipinski definition) is 3. The van der Waals surface area contributed by atoms with Gasteiger partial charge in [0.1, 0.15) is 11.5 Å². The van der Waals surface area contributed by atoms with E-state index in [2.05, 4.69) is 15.6 Å². The van der Waals surface area contributed by atoms with Crippen LogP contribution in [0.4, 0.5) is 0 Å². The normalized spacial score (nSPS) is 13.3. The Morgan fingerprint density at radius 3 is 2.94 bits per heavy atom. The average Bonchev–Trinajstić information content (AvgIpc) is 2.78. The molecular weight excluding hydrogens is 236 g/mol. The number of oxime groups is 1. The van der Waals surface area contributed by atoms with Crippen molar-refractivity contribution in [2.24, 2.45) is 16.8 Å². The number of rotatable bonds is 6. The van der Waals surface area contributed by atoms with Crippen LogP contribution in [0.25, 0.3) is 0 Å². The molecule has 0 radical (unpaired) electrons. The summed E-state index contributed by atoms with van der Waals surface area (Å²) in [6.07, 6.45) is 1.29. The molecule has 7 nitrogen and oxygen atoms in total. The SMILES string of the molecule is CCCC(C(=O)NCc1cc(C)on1)C(N)=NO. The third-order valence-corrected chi connectivity index (χ3v) is 2.49. The number of carbonyl (C=O) groups is 1. The van der Waals surface area contributed by atoms with Crippen molar-refractivity contribution in [3.63, 3.8) is 0 Å². The maximum absolute atomic E-state index is 11.9. The Morgan fingerprint density at radius 2 is 2.44 bits per heavy atom. The van der Waals surface area contributed by atoms with Crippen LogP contribution in [-0.4, -0.2) is 22.1 Å². The second-order valence-corrected chi connectivity index (χ2v) is 4.01. The van der Waals surface area contributed by atoms with Crippen LogP contribution in [0.15, 0.2) is 15.7 Å². The number of nitrogens with zero attached hydrogens (tertiary/aromatic N) is 2. The topological polar surface area (TPSA) is 114 Å². The molecule has 0 bridgehead atoms. The van der Waals surface area contributed by atoms with Crippen molar-refractivity contribution in [1.29, 1.82) is 0 Å². The van der Waals surface area contributed by atoms with Crippen LogP contribution >= 0.6 is 0 Å². The number of carbonyl (C=O) groups excluding carboxylic acids is 1. The van der Waals surface area contributed by atoms with Gasteiger partial charge in [0.05, 0.1) is 12.5 Å². The van der Waals surface area contributed by atoms with Gasteiger partial charge in [0.15, 0.2) is 5.84 Å². The predicted molar refractivity (Wildman–Crippen MR) is 64.9 cm³/mol. The molecule has 1 amide bonds. The summed E-state index contributed by atoms with van der Waals surface area (Å²) in [5.74, 6) is -0.299. The van der Waals surface area contributed by atoms with Gasteiger partial charge in [-0.15, -0.1) is 0 Å². The fraction of sp³-hybridized carbons (Fsp3) is 0.545. The van der Waals surface area contributed by atoms with Gasteiger partial charge in [0.25, 0.3) is 0 Å². The van der Waals surface area contributed by atoms with Crippen LogP contribution in [0.2, 0.25) is 0 Å². The number of amidine groups is 1. The molecule has 0 aromatic carbocycles. The molecule has 18 heavy (non-hydrogen) atoms. The highest BCUT2D eigenvalue weighted by Gasteiger charge is 2.22. The Balaban J connectivity index is 2.56. The minimum atomic E-state index is -0.618. The second-order valence-electron chi connectivity index (χ2n) is 4.01.